The van der Waals surface area contributed by atoms with E-state index in [0.717, 1.165) is 18.6 Å². The lowest BCUT2D eigenvalue weighted by Crippen LogP contribution is -2.48. The van der Waals surface area contributed by atoms with Crippen molar-refractivity contribution >= 4 is 0 Å². The lowest BCUT2D eigenvalue weighted by atomic mass is 9.93. The third-order valence-corrected chi connectivity index (χ3v) is 4.23. The van der Waals surface area contributed by atoms with E-state index in [1.165, 1.54) is 25.7 Å². The van der Waals surface area contributed by atoms with Gasteiger partial charge in [0.2, 0.25) is 0 Å². The van der Waals surface area contributed by atoms with Crippen LogP contribution in [0.4, 0.5) is 0 Å². The predicted octanol–water partition coefficient (Wildman–Crippen LogP) is 1.75. The van der Waals surface area contributed by atoms with E-state index in [1.807, 2.05) is 13.8 Å². The number of nitrogens with one attached hydrogen (secondary N) is 1. The molecule has 2 aliphatic heterocycles. The lowest BCUT2D eigenvalue weighted by Gasteiger charge is -2.37. The van der Waals surface area contributed by atoms with Crippen molar-refractivity contribution < 1.29 is 0 Å². The van der Waals surface area contributed by atoms with Gasteiger partial charge >= 0.3 is 0 Å². The van der Waals surface area contributed by atoms with Gasteiger partial charge in [0.25, 0.3) is 0 Å². The smallest absolute Gasteiger partial charge is 0.0697 e. The van der Waals surface area contributed by atoms with Crippen LogP contribution in [-0.2, 0) is 0 Å². The molecule has 0 radical (unpaired) electrons. The van der Waals surface area contributed by atoms with Crippen LogP contribution >= 0.6 is 0 Å². The topological polar surface area (TPSA) is 39.1 Å². The molecule has 2 rings (SSSR count). The maximum atomic E-state index is 8.98. The molecule has 0 spiro atoms. The largest absolute Gasteiger partial charge is 0.312 e. The highest BCUT2D eigenvalue weighted by atomic mass is 15.2. The molecule has 2 aliphatic rings. The number of fused-ring (bicyclic) bond motifs is 2. The van der Waals surface area contributed by atoms with E-state index in [9.17, 15) is 0 Å². The van der Waals surface area contributed by atoms with Crippen molar-refractivity contribution in [3.8, 4) is 6.07 Å². The summed E-state index contributed by atoms with van der Waals surface area (Å²) in [7, 11) is 2.26. The average Bonchev–Trinajstić information content (AvgIpc) is 2.51. The Hall–Kier alpha value is -0.590. The number of rotatable bonds is 3. The van der Waals surface area contributed by atoms with E-state index >= 15 is 0 Å². The average molecular weight is 221 g/mol. The second kappa shape index (κ2) is 4.35. The standard InChI is InChI=1S/C13H23N3/c1-13(2,8-14)9-15-10-6-11-4-5-12(7-10)16(11)3/h10-12,15H,4-7,9H2,1-3H3. The number of hydrogen-bond acceptors (Lipinski definition) is 3. The molecule has 0 aromatic heterocycles. The van der Waals surface area contributed by atoms with Gasteiger partial charge in [0.05, 0.1) is 11.5 Å². The molecule has 2 bridgehead atoms. The summed E-state index contributed by atoms with van der Waals surface area (Å²) in [5.41, 5.74) is -0.234. The summed E-state index contributed by atoms with van der Waals surface area (Å²) < 4.78 is 0. The van der Waals surface area contributed by atoms with Gasteiger partial charge in [-0.15, -0.1) is 0 Å². The second-order valence-corrected chi connectivity index (χ2v) is 6.10. The van der Waals surface area contributed by atoms with Crippen molar-refractivity contribution in [3.05, 3.63) is 0 Å². The quantitative estimate of drug-likeness (QED) is 0.789. The van der Waals surface area contributed by atoms with Gasteiger partial charge in [0, 0.05) is 24.7 Å². The van der Waals surface area contributed by atoms with Crippen molar-refractivity contribution in [1.29, 1.82) is 5.26 Å². The zero-order valence-corrected chi connectivity index (χ0v) is 10.7. The summed E-state index contributed by atoms with van der Waals surface area (Å²) >= 11 is 0. The highest BCUT2D eigenvalue weighted by Crippen LogP contribution is 2.34. The van der Waals surface area contributed by atoms with Crippen molar-refractivity contribution in [1.82, 2.24) is 10.2 Å². The zero-order valence-electron chi connectivity index (χ0n) is 10.7. The summed E-state index contributed by atoms with van der Waals surface area (Å²) in [6.07, 6.45) is 5.24. The third-order valence-electron chi connectivity index (χ3n) is 4.23. The summed E-state index contributed by atoms with van der Waals surface area (Å²) in [5.74, 6) is 0. The summed E-state index contributed by atoms with van der Waals surface area (Å²) in [6, 6.07) is 4.54. The van der Waals surface area contributed by atoms with Gasteiger partial charge in [-0.1, -0.05) is 0 Å². The summed E-state index contributed by atoms with van der Waals surface area (Å²) in [6.45, 7) is 4.82. The molecule has 2 heterocycles. The monoisotopic (exact) mass is 221 g/mol. The van der Waals surface area contributed by atoms with Gasteiger partial charge in [-0.25, -0.2) is 0 Å². The van der Waals surface area contributed by atoms with Crippen LogP contribution in [0.15, 0.2) is 0 Å². The minimum atomic E-state index is -0.234. The molecule has 2 atom stereocenters. The SMILES string of the molecule is CN1C2CCC1CC(NCC(C)(C)C#N)C2. The fourth-order valence-corrected chi connectivity index (χ4v) is 3.02. The molecule has 1 N–H and O–H groups in total. The molecule has 2 fully saturated rings. The van der Waals surface area contributed by atoms with E-state index < -0.39 is 0 Å². The van der Waals surface area contributed by atoms with Gasteiger partial charge < -0.3 is 10.2 Å². The predicted molar refractivity (Wildman–Crippen MR) is 65.0 cm³/mol. The fourth-order valence-electron chi connectivity index (χ4n) is 3.02. The van der Waals surface area contributed by atoms with Crippen LogP contribution < -0.4 is 5.32 Å². The van der Waals surface area contributed by atoms with E-state index in [4.69, 9.17) is 5.26 Å². The second-order valence-electron chi connectivity index (χ2n) is 6.10. The Labute approximate surface area is 98.8 Å². The number of nitrogens with zero attached hydrogens (tertiary/aromatic N) is 2. The van der Waals surface area contributed by atoms with Crippen molar-refractivity contribution in [3.63, 3.8) is 0 Å². The van der Waals surface area contributed by atoms with Gasteiger partial charge in [0.15, 0.2) is 0 Å². The van der Waals surface area contributed by atoms with Crippen LogP contribution in [-0.4, -0.2) is 36.6 Å². The molecule has 0 saturated carbocycles. The molecule has 2 saturated heterocycles. The molecule has 16 heavy (non-hydrogen) atoms. The van der Waals surface area contributed by atoms with Crippen molar-refractivity contribution in [2.45, 2.75) is 57.7 Å². The highest BCUT2D eigenvalue weighted by molar-refractivity contribution is 4.98. The Bertz CT molecular complexity index is 278. The minimum absolute atomic E-state index is 0.234. The van der Waals surface area contributed by atoms with E-state index in [-0.39, 0.29) is 5.41 Å². The zero-order chi connectivity index (χ0) is 11.8. The molecule has 3 heteroatoms. The summed E-state index contributed by atoms with van der Waals surface area (Å²) in [4.78, 5) is 2.55. The van der Waals surface area contributed by atoms with Gasteiger partial charge in [0.1, 0.15) is 0 Å². The van der Waals surface area contributed by atoms with Crippen LogP contribution in [0.5, 0.6) is 0 Å². The first-order chi connectivity index (χ1) is 7.52. The first-order valence-electron chi connectivity index (χ1n) is 6.38. The fraction of sp³-hybridized carbons (Fsp3) is 0.923. The van der Waals surface area contributed by atoms with Crippen molar-refractivity contribution in [2.75, 3.05) is 13.6 Å². The van der Waals surface area contributed by atoms with Crippen molar-refractivity contribution in [2.24, 2.45) is 5.41 Å². The van der Waals surface area contributed by atoms with E-state index in [2.05, 4.69) is 23.3 Å². The number of nitriles is 1. The Morgan fingerprint density at radius 3 is 2.38 bits per heavy atom. The van der Waals surface area contributed by atoms with Gasteiger partial charge in [-0.3, -0.25) is 0 Å². The molecular formula is C13H23N3. The van der Waals surface area contributed by atoms with E-state index in [1.54, 1.807) is 0 Å². The highest BCUT2D eigenvalue weighted by Gasteiger charge is 2.38. The molecule has 0 aromatic rings. The number of piperidine rings is 1. The molecule has 3 nitrogen and oxygen atoms in total. The van der Waals surface area contributed by atoms with Crippen LogP contribution in [0.25, 0.3) is 0 Å². The maximum absolute atomic E-state index is 8.98. The molecular weight excluding hydrogens is 198 g/mol. The Morgan fingerprint density at radius 2 is 1.88 bits per heavy atom. The molecule has 2 unspecified atom stereocenters. The van der Waals surface area contributed by atoms with Crippen LogP contribution in [0.3, 0.4) is 0 Å². The van der Waals surface area contributed by atoms with E-state index in [0.29, 0.717) is 6.04 Å². The van der Waals surface area contributed by atoms with Crippen LogP contribution in [0.1, 0.15) is 39.5 Å². The molecule has 0 aliphatic carbocycles. The molecule has 0 amide bonds. The molecule has 0 aromatic carbocycles. The molecule has 90 valence electrons. The Balaban J connectivity index is 1.83. The Morgan fingerprint density at radius 1 is 1.31 bits per heavy atom. The number of hydrogen-bond donors (Lipinski definition) is 1. The Kier molecular flexibility index (Phi) is 3.23. The first-order valence-corrected chi connectivity index (χ1v) is 6.38. The normalized spacial score (nSPS) is 35.0. The maximum Gasteiger partial charge on any atom is 0.0697 e. The van der Waals surface area contributed by atoms with Crippen LogP contribution in [0.2, 0.25) is 0 Å². The third kappa shape index (κ3) is 2.39. The first kappa shape index (κ1) is 11.9. The van der Waals surface area contributed by atoms with Gasteiger partial charge in [-0.05, 0) is 46.6 Å². The van der Waals surface area contributed by atoms with Crippen LogP contribution in [0, 0.1) is 16.7 Å². The lowest BCUT2D eigenvalue weighted by molar-refractivity contribution is 0.145. The van der Waals surface area contributed by atoms with Gasteiger partial charge in [-0.2, -0.15) is 5.26 Å². The summed E-state index contributed by atoms with van der Waals surface area (Å²) in [5, 5.41) is 12.6. The minimum Gasteiger partial charge on any atom is -0.312 e.